The van der Waals surface area contributed by atoms with Gasteiger partial charge in [0, 0.05) is 12.8 Å². The van der Waals surface area contributed by atoms with Crippen molar-refractivity contribution >= 4 is 11.9 Å². The van der Waals surface area contributed by atoms with Gasteiger partial charge < -0.3 is 20.3 Å². The Morgan fingerprint density at radius 1 is 0.397 bits per heavy atom. The first-order valence-corrected chi connectivity index (χ1v) is 30.9. The molecule has 0 aromatic carbocycles. The Balaban J connectivity index is 3.47. The highest BCUT2D eigenvalue weighted by molar-refractivity contribution is 5.76. The van der Waals surface area contributed by atoms with Crippen LogP contribution in [0, 0.1) is 0 Å². The van der Waals surface area contributed by atoms with Crippen LogP contribution in [-0.2, 0) is 14.3 Å². The summed E-state index contributed by atoms with van der Waals surface area (Å²) >= 11 is 0. The molecule has 0 bridgehead atoms. The zero-order chi connectivity index (χ0) is 49.3. The lowest BCUT2D eigenvalue weighted by Crippen LogP contribution is -2.45. The molecule has 0 aromatic heterocycles. The second kappa shape index (κ2) is 58.2. The minimum atomic E-state index is -0.681. The van der Waals surface area contributed by atoms with E-state index in [1.54, 1.807) is 0 Å². The highest BCUT2D eigenvalue weighted by Gasteiger charge is 2.20. The highest BCUT2D eigenvalue weighted by Crippen LogP contribution is 2.18. The first-order valence-electron chi connectivity index (χ1n) is 30.9. The molecule has 0 fully saturated rings. The maximum absolute atomic E-state index is 12.5. The molecule has 2 unspecified atom stereocenters. The van der Waals surface area contributed by atoms with Gasteiger partial charge in [0.15, 0.2) is 0 Å². The zero-order valence-corrected chi connectivity index (χ0v) is 46.1. The fourth-order valence-corrected chi connectivity index (χ4v) is 9.81. The van der Waals surface area contributed by atoms with Gasteiger partial charge in [0.25, 0.3) is 0 Å². The summed E-state index contributed by atoms with van der Waals surface area (Å²) in [5.74, 6) is -0.0744. The maximum atomic E-state index is 12.5. The van der Waals surface area contributed by atoms with Crippen LogP contribution in [0.5, 0.6) is 0 Å². The molecule has 0 saturated carbocycles. The number of carbonyl (C=O) groups excluding carboxylic acids is 2. The number of nitrogens with one attached hydrogen (secondary N) is 1. The van der Waals surface area contributed by atoms with Gasteiger partial charge in [-0.05, 0) is 57.8 Å². The molecule has 0 rings (SSSR count). The number of unbranched alkanes of at least 4 members (excludes halogenated alkanes) is 45. The average molecular weight is 961 g/mol. The fraction of sp³-hybridized carbons (Fsp3) is 0.935. The molecule has 0 radical (unpaired) electrons. The quantitative estimate of drug-likeness (QED) is 0.0321. The number of rotatable bonds is 58. The summed E-state index contributed by atoms with van der Waals surface area (Å²) in [7, 11) is 0. The molecule has 0 heterocycles. The lowest BCUT2D eigenvalue weighted by atomic mass is 10.0. The van der Waals surface area contributed by atoms with E-state index in [-0.39, 0.29) is 18.5 Å². The van der Waals surface area contributed by atoms with Gasteiger partial charge in [0.2, 0.25) is 5.91 Å². The molecule has 68 heavy (non-hydrogen) atoms. The summed E-state index contributed by atoms with van der Waals surface area (Å²) in [6.45, 7) is 4.93. The molecular formula is C62H121NO5. The number of aliphatic hydroxyl groups excluding tert-OH is 2. The highest BCUT2D eigenvalue weighted by atomic mass is 16.5. The van der Waals surface area contributed by atoms with Crippen molar-refractivity contribution in [2.45, 2.75) is 360 Å². The number of hydrogen-bond acceptors (Lipinski definition) is 5. The van der Waals surface area contributed by atoms with Crippen molar-refractivity contribution < 1.29 is 24.5 Å². The molecule has 0 aromatic rings. The van der Waals surface area contributed by atoms with Gasteiger partial charge >= 0.3 is 5.97 Å². The normalized spacial score (nSPS) is 12.6. The van der Waals surface area contributed by atoms with E-state index >= 15 is 0 Å². The molecule has 3 N–H and O–H groups in total. The van der Waals surface area contributed by atoms with Crippen LogP contribution in [0.1, 0.15) is 348 Å². The van der Waals surface area contributed by atoms with E-state index in [1.807, 2.05) is 0 Å². The minimum Gasteiger partial charge on any atom is -0.466 e. The lowest BCUT2D eigenvalue weighted by Gasteiger charge is -2.22. The van der Waals surface area contributed by atoms with Crippen LogP contribution in [0.3, 0.4) is 0 Å². The maximum Gasteiger partial charge on any atom is 0.305 e. The SMILES string of the molecule is CCCCCCCCCCCCCCCCCCCCCCCCCC(O)C(CO)NC(=O)CCCCCCC/C=C\CCCCCOC(=O)CCCCCCCCCCCCCCCCCC. The van der Waals surface area contributed by atoms with Crippen molar-refractivity contribution in [2.24, 2.45) is 0 Å². The predicted octanol–water partition coefficient (Wildman–Crippen LogP) is 19.2. The molecule has 0 aliphatic rings. The van der Waals surface area contributed by atoms with Gasteiger partial charge in [-0.2, -0.15) is 0 Å². The van der Waals surface area contributed by atoms with Crippen LogP contribution in [0.25, 0.3) is 0 Å². The Morgan fingerprint density at radius 3 is 1.04 bits per heavy atom. The molecular weight excluding hydrogens is 839 g/mol. The molecule has 0 saturated heterocycles. The van der Waals surface area contributed by atoms with Gasteiger partial charge in [-0.15, -0.1) is 0 Å². The molecule has 404 valence electrons. The van der Waals surface area contributed by atoms with Crippen LogP contribution in [0.2, 0.25) is 0 Å². The van der Waals surface area contributed by atoms with Crippen LogP contribution in [-0.4, -0.2) is 47.4 Å². The number of aliphatic hydroxyl groups is 2. The first-order chi connectivity index (χ1) is 33.5. The molecule has 0 aliphatic carbocycles. The van der Waals surface area contributed by atoms with Crippen LogP contribution in [0.4, 0.5) is 0 Å². The van der Waals surface area contributed by atoms with Gasteiger partial charge in [0.05, 0.1) is 25.4 Å². The lowest BCUT2D eigenvalue weighted by molar-refractivity contribution is -0.143. The molecule has 0 aliphatic heterocycles. The summed E-state index contributed by atoms with van der Waals surface area (Å²) in [6, 6.07) is -0.560. The smallest absolute Gasteiger partial charge is 0.305 e. The van der Waals surface area contributed by atoms with Crippen molar-refractivity contribution in [3.8, 4) is 0 Å². The topological polar surface area (TPSA) is 95.9 Å². The summed E-state index contributed by atoms with van der Waals surface area (Å²) in [4.78, 5) is 24.6. The van der Waals surface area contributed by atoms with Crippen LogP contribution < -0.4 is 5.32 Å². The second-order valence-corrected chi connectivity index (χ2v) is 21.4. The minimum absolute atomic E-state index is 0.0180. The molecule has 6 heteroatoms. The first kappa shape index (κ1) is 66.6. The van der Waals surface area contributed by atoms with Gasteiger partial charge in [0.1, 0.15) is 0 Å². The van der Waals surface area contributed by atoms with E-state index in [2.05, 4.69) is 31.3 Å². The monoisotopic (exact) mass is 960 g/mol. The number of hydrogen-bond donors (Lipinski definition) is 3. The Kier molecular flexibility index (Phi) is 57.0. The van der Waals surface area contributed by atoms with E-state index in [0.29, 0.717) is 25.9 Å². The van der Waals surface area contributed by atoms with E-state index in [4.69, 9.17) is 4.74 Å². The van der Waals surface area contributed by atoms with E-state index in [9.17, 15) is 19.8 Å². The van der Waals surface area contributed by atoms with E-state index in [0.717, 1.165) is 77.0 Å². The van der Waals surface area contributed by atoms with Gasteiger partial charge in [-0.3, -0.25) is 9.59 Å². The molecule has 1 amide bonds. The van der Waals surface area contributed by atoms with E-state index in [1.165, 1.54) is 238 Å². The number of esters is 1. The Morgan fingerprint density at radius 2 is 0.691 bits per heavy atom. The summed E-state index contributed by atoms with van der Waals surface area (Å²) in [5.41, 5.74) is 0. The Labute approximate surface area is 425 Å². The van der Waals surface area contributed by atoms with E-state index < -0.39 is 12.1 Å². The standard InChI is InChI=1S/C62H121NO5/c1-3-5-7-9-11-13-15-17-19-21-22-23-24-25-26-27-28-30-34-38-42-46-50-54-60(65)59(58-64)63-61(66)55-51-47-43-39-35-32-33-37-41-45-49-53-57-68-62(67)56-52-48-44-40-36-31-29-20-18-16-14-12-10-8-6-4-2/h33,37,59-60,64-65H,3-32,34-36,38-58H2,1-2H3,(H,63,66)/b37-33-. The van der Waals surface area contributed by atoms with Gasteiger partial charge in [-0.25, -0.2) is 0 Å². The predicted molar refractivity (Wildman–Crippen MR) is 297 cm³/mol. The summed E-state index contributed by atoms with van der Waals surface area (Å²) < 4.78 is 5.46. The molecule has 0 spiro atoms. The summed E-state index contributed by atoms with van der Waals surface area (Å²) in [5, 5.41) is 23.4. The van der Waals surface area contributed by atoms with Gasteiger partial charge in [-0.1, -0.05) is 289 Å². The van der Waals surface area contributed by atoms with Crippen molar-refractivity contribution in [1.29, 1.82) is 0 Å². The fourth-order valence-electron chi connectivity index (χ4n) is 9.81. The van der Waals surface area contributed by atoms with Crippen molar-refractivity contribution in [1.82, 2.24) is 5.32 Å². The number of amides is 1. The number of allylic oxidation sites excluding steroid dienone is 2. The third-order valence-corrected chi connectivity index (χ3v) is 14.6. The average Bonchev–Trinajstić information content (AvgIpc) is 3.34. The molecule has 2 atom stereocenters. The zero-order valence-electron chi connectivity index (χ0n) is 46.1. The molecule has 6 nitrogen and oxygen atoms in total. The number of ether oxygens (including phenoxy) is 1. The van der Waals surface area contributed by atoms with Crippen molar-refractivity contribution in [3.05, 3.63) is 12.2 Å². The Hall–Kier alpha value is -1.40. The third kappa shape index (κ3) is 53.9. The second-order valence-electron chi connectivity index (χ2n) is 21.4. The number of carbonyl (C=O) groups is 2. The summed E-state index contributed by atoms with van der Waals surface area (Å²) in [6.07, 6.45) is 69.3. The van der Waals surface area contributed by atoms with Crippen LogP contribution in [0.15, 0.2) is 12.2 Å². The van der Waals surface area contributed by atoms with Crippen LogP contribution >= 0.6 is 0 Å². The van der Waals surface area contributed by atoms with Crippen molar-refractivity contribution in [2.75, 3.05) is 13.2 Å². The Bertz CT molecular complexity index is 1020. The third-order valence-electron chi connectivity index (χ3n) is 14.6. The largest absolute Gasteiger partial charge is 0.466 e. The van der Waals surface area contributed by atoms with Crippen molar-refractivity contribution in [3.63, 3.8) is 0 Å².